The Balaban J connectivity index is 1.94. The average molecular weight is 509 g/mol. The number of benzene rings is 2. The number of allylic oxidation sites excluding steroid dienone is 6. The zero-order chi connectivity index (χ0) is 27.4. The predicted molar refractivity (Wildman–Crippen MR) is 143 cm³/mol. The van der Waals surface area contributed by atoms with Crippen LogP contribution in [0.5, 0.6) is 28.7 Å². The molecule has 0 saturated carbocycles. The standard InChI is InChI=1S/C30H36O7/c1-16(2)7-6-8-18(5)10-12-19-22(31)14-13-21(26(19)33)30-29(36)28(35)25-24(37-30)15-23(32)20(27(25)34)11-9-17(3)4/h7,9-10,13-15,29-34,36H,6,8,11-12H2,1-5H3. The normalized spacial score (nSPS) is 17.1. The van der Waals surface area contributed by atoms with E-state index in [2.05, 4.69) is 6.08 Å². The minimum absolute atomic E-state index is 0.0970. The van der Waals surface area contributed by atoms with E-state index in [1.54, 1.807) is 6.08 Å². The van der Waals surface area contributed by atoms with Crippen molar-refractivity contribution in [2.45, 2.75) is 72.5 Å². The molecule has 0 aliphatic carbocycles. The maximum absolute atomic E-state index is 13.1. The van der Waals surface area contributed by atoms with Gasteiger partial charge in [0.2, 0.25) is 5.78 Å². The summed E-state index contributed by atoms with van der Waals surface area (Å²) in [6.07, 6.45) is 5.00. The summed E-state index contributed by atoms with van der Waals surface area (Å²) in [5.74, 6) is -1.99. The van der Waals surface area contributed by atoms with E-state index in [0.29, 0.717) is 0 Å². The molecule has 0 radical (unpaired) electrons. The lowest BCUT2D eigenvalue weighted by Gasteiger charge is -2.31. The number of phenols is 4. The quantitative estimate of drug-likeness (QED) is 0.280. The number of Topliss-reactive ketones (excluding diaryl/α,β-unsaturated/α-hetero) is 1. The van der Waals surface area contributed by atoms with Crippen molar-refractivity contribution >= 4 is 5.78 Å². The van der Waals surface area contributed by atoms with Gasteiger partial charge in [0.05, 0.1) is 0 Å². The van der Waals surface area contributed by atoms with Gasteiger partial charge in [-0.3, -0.25) is 4.79 Å². The van der Waals surface area contributed by atoms with E-state index in [4.69, 9.17) is 4.74 Å². The van der Waals surface area contributed by atoms with Crippen molar-refractivity contribution < 1.29 is 35.1 Å². The Kier molecular flexibility index (Phi) is 8.71. The van der Waals surface area contributed by atoms with Crippen LogP contribution in [0, 0.1) is 0 Å². The summed E-state index contributed by atoms with van der Waals surface area (Å²) in [5.41, 5.74) is 3.60. The van der Waals surface area contributed by atoms with Gasteiger partial charge in [0.15, 0.2) is 12.2 Å². The number of rotatable bonds is 8. The monoisotopic (exact) mass is 508 g/mol. The van der Waals surface area contributed by atoms with E-state index in [-0.39, 0.29) is 58.1 Å². The van der Waals surface area contributed by atoms with Crippen molar-refractivity contribution in [2.75, 3.05) is 0 Å². The fraction of sp³-hybridized carbons (Fsp3) is 0.367. The number of ether oxygens (including phenoxy) is 1. The largest absolute Gasteiger partial charge is 0.508 e. The number of phenolic OH excluding ortho intramolecular Hbond substituents is 4. The van der Waals surface area contributed by atoms with Crippen LogP contribution in [0.4, 0.5) is 0 Å². The van der Waals surface area contributed by atoms with Crippen LogP contribution >= 0.6 is 0 Å². The molecule has 7 heteroatoms. The molecule has 1 aliphatic heterocycles. The van der Waals surface area contributed by atoms with Gasteiger partial charge in [-0.25, -0.2) is 0 Å². The molecule has 3 rings (SSSR count). The summed E-state index contributed by atoms with van der Waals surface area (Å²) in [6.45, 7) is 9.80. The van der Waals surface area contributed by atoms with Crippen molar-refractivity contribution in [3.05, 3.63) is 75.4 Å². The van der Waals surface area contributed by atoms with E-state index in [0.717, 1.165) is 24.0 Å². The summed E-state index contributed by atoms with van der Waals surface area (Å²) in [7, 11) is 0. The highest BCUT2D eigenvalue weighted by Gasteiger charge is 2.41. The molecule has 198 valence electrons. The van der Waals surface area contributed by atoms with Gasteiger partial charge in [0.1, 0.15) is 34.3 Å². The second-order valence-corrected chi connectivity index (χ2v) is 10.0. The Morgan fingerprint density at radius 3 is 2.14 bits per heavy atom. The van der Waals surface area contributed by atoms with Gasteiger partial charge in [-0.05, 0) is 72.4 Å². The average Bonchev–Trinajstić information content (AvgIpc) is 2.80. The predicted octanol–water partition coefficient (Wildman–Crippen LogP) is 5.93. The molecule has 0 saturated heterocycles. The number of hydrogen-bond acceptors (Lipinski definition) is 7. The lowest BCUT2D eigenvalue weighted by Crippen LogP contribution is -2.36. The molecular formula is C30H36O7. The van der Waals surface area contributed by atoms with Gasteiger partial charge in [-0.15, -0.1) is 0 Å². The molecular weight excluding hydrogens is 472 g/mol. The first kappa shape index (κ1) is 27.9. The van der Waals surface area contributed by atoms with Gasteiger partial charge in [0.25, 0.3) is 0 Å². The Hall–Kier alpha value is -3.71. The van der Waals surface area contributed by atoms with E-state index in [9.17, 15) is 30.3 Å². The second kappa shape index (κ2) is 11.6. The molecule has 0 bridgehead atoms. The summed E-state index contributed by atoms with van der Waals surface area (Å²) in [5, 5.41) is 53.5. The number of aliphatic hydroxyl groups excluding tert-OH is 1. The van der Waals surface area contributed by atoms with Gasteiger partial charge < -0.3 is 30.3 Å². The van der Waals surface area contributed by atoms with E-state index in [1.165, 1.54) is 23.8 Å². The number of hydrogen-bond donors (Lipinski definition) is 5. The maximum atomic E-state index is 13.1. The smallest absolute Gasteiger partial charge is 0.202 e. The first-order valence-corrected chi connectivity index (χ1v) is 12.3. The second-order valence-electron chi connectivity index (χ2n) is 10.0. The Morgan fingerprint density at radius 2 is 1.49 bits per heavy atom. The number of fused-ring (bicyclic) bond motifs is 1. The van der Waals surface area contributed by atoms with Crippen LogP contribution < -0.4 is 4.74 Å². The summed E-state index contributed by atoms with van der Waals surface area (Å²) >= 11 is 0. The van der Waals surface area contributed by atoms with Gasteiger partial charge in [-0.2, -0.15) is 0 Å². The molecule has 0 fully saturated rings. The molecule has 7 nitrogen and oxygen atoms in total. The third kappa shape index (κ3) is 6.17. The Labute approximate surface area is 217 Å². The highest BCUT2D eigenvalue weighted by atomic mass is 16.5. The van der Waals surface area contributed by atoms with E-state index >= 15 is 0 Å². The topological polar surface area (TPSA) is 127 Å². The molecule has 2 aromatic rings. The van der Waals surface area contributed by atoms with Crippen molar-refractivity contribution in [2.24, 2.45) is 0 Å². The molecule has 0 aromatic heterocycles. The zero-order valence-electron chi connectivity index (χ0n) is 22.0. The number of carbonyl (C=O) groups excluding carboxylic acids is 1. The van der Waals surface area contributed by atoms with Gasteiger partial charge in [0, 0.05) is 22.8 Å². The minimum Gasteiger partial charge on any atom is -0.508 e. The van der Waals surface area contributed by atoms with E-state index in [1.807, 2.05) is 40.7 Å². The molecule has 1 aliphatic rings. The SMILES string of the molecule is CC(C)=CCCC(C)=CCc1c(O)ccc(C2Oc3cc(O)c(CC=C(C)C)c(O)c3C(=O)C2O)c1O. The third-order valence-electron chi connectivity index (χ3n) is 6.46. The molecule has 2 atom stereocenters. The number of aliphatic hydroxyl groups is 1. The lowest BCUT2D eigenvalue weighted by atomic mass is 9.89. The molecule has 5 N–H and O–H groups in total. The van der Waals surface area contributed by atoms with Gasteiger partial charge in [-0.1, -0.05) is 34.9 Å². The summed E-state index contributed by atoms with van der Waals surface area (Å²) < 4.78 is 5.85. The highest BCUT2D eigenvalue weighted by Crippen LogP contribution is 2.47. The van der Waals surface area contributed by atoms with Gasteiger partial charge >= 0.3 is 0 Å². The highest BCUT2D eigenvalue weighted by molar-refractivity contribution is 6.06. The Morgan fingerprint density at radius 1 is 0.865 bits per heavy atom. The number of aromatic hydroxyl groups is 4. The molecule has 0 amide bonds. The lowest BCUT2D eigenvalue weighted by molar-refractivity contribution is 0.0202. The maximum Gasteiger partial charge on any atom is 0.202 e. The molecule has 0 spiro atoms. The number of carbonyl (C=O) groups is 1. The molecule has 1 heterocycles. The van der Waals surface area contributed by atoms with Crippen LogP contribution in [0.3, 0.4) is 0 Å². The van der Waals surface area contributed by atoms with Crippen LogP contribution in [0.2, 0.25) is 0 Å². The van der Waals surface area contributed by atoms with Crippen LogP contribution in [-0.4, -0.2) is 37.4 Å². The van der Waals surface area contributed by atoms with Crippen molar-refractivity contribution in [3.63, 3.8) is 0 Å². The van der Waals surface area contributed by atoms with E-state index < -0.39 is 23.7 Å². The van der Waals surface area contributed by atoms with Crippen LogP contribution in [0.15, 0.2) is 53.1 Å². The Bertz CT molecular complexity index is 1280. The summed E-state index contributed by atoms with van der Waals surface area (Å²) in [4.78, 5) is 13.1. The first-order valence-electron chi connectivity index (χ1n) is 12.3. The van der Waals surface area contributed by atoms with Crippen molar-refractivity contribution in [1.82, 2.24) is 0 Å². The van der Waals surface area contributed by atoms with Crippen molar-refractivity contribution in [3.8, 4) is 28.7 Å². The van der Waals surface area contributed by atoms with Crippen LogP contribution in [-0.2, 0) is 12.8 Å². The van der Waals surface area contributed by atoms with Crippen molar-refractivity contribution in [1.29, 1.82) is 0 Å². The zero-order valence-corrected chi connectivity index (χ0v) is 22.0. The minimum atomic E-state index is -1.72. The first-order chi connectivity index (χ1) is 17.4. The summed E-state index contributed by atoms with van der Waals surface area (Å²) in [6, 6.07) is 4.00. The molecule has 2 aromatic carbocycles. The fourth-order valence-corrected chi connectivity index (χ4v) is 4.27. The van der Waals surface area contributed by atoms with Crippen LogP contribution in [0.1, 0.15) is 80.6 Å². The van der Waals surface area contributed by atoms with Crippen LogP contribution in [0.25, 0.3) is 0 Å². The molecule has 2 unspecified atom stereocenters. The third-order valence-corrected chi connectivity index (χ3v) is 6.46. The fourth-order valence-electron chi connectivity index (χ4n) is 4.27. The number of ketones is 1. The molecule has 37 heavy (non-hydrogen) atoms.